The third kappa shape index (κ3) is 1.75. The van der Waals surface area contributed by atoms with Crippen LogP contribution in [0.1, 0.15) is 33.6 Å². The highest BCUT2D eigenvalue weighted by atomic mass is 15.1. The van der Waals surface area contributed by atoms with Crippen LogP contribution >= 0.6 is 0 Å². The molecule has 1 aliphatic carbocycles. The number of hydrogen-bond acceptors (Lipinski definition) is 1. The summed E-state index contributed by atoms with van der Waals surface area (Å²) in [5.41, 5.74) is 0.209. The molecule has 0 atom stereocenters. The van der Waals surface area contributed by atoms with Crippen molar-refractivity contribution in [3.05, 3.63) is 0 Å². The SMILES string of the molecule is C#CC1(NC(C)(C)C)CC1. The molecule has 0 spiro atoms. The fourth-order valence-electron chi connectivity index (χ4n) is 1.15. The van der Waals surface area contributed by atoms with Crippen molar-refractivity contribution in [2.24, 2.45) is 0 Å². The highest BCUT2D eigenvalue weighted by molar-refractivity contribution is 5.23. The van der Waals surface area contributed by atoms with Gasteiger partial charge in [-0.1, -0.05) is 5.92 Å². The van der Waals surface area contributed by atoms with E-state index in [2.05, 4.69) is 32.0 Å². The Morgan fingerprint density at radius 2 is 1.90 bits per heavy atom. The van der Waals surface area contributed by atoms with E-state index in [4.69, 9.17) is 6.42 Å². The lowest BCUT2D eigenvalue weighted by atomic mass is 10.1. The highest BCUT2D eigenvalue weighted by Gasteiger charge is 2.42. The van der Waals surface area contributed by atoms with Crippen LogP contribution in [0.2, 0.25) is 0 Å². The molecule has 0 aromatic heterocycles. The van der Waals surface area contributed by atoms with E-state index in [1.165, 1.54) is 0 Å². The molecule has 1 rings (SSSR count). The Morgan fingerprint density at radius 1 is 1.40 bits per heavy atom. The zero-order valence-electron chi connectivity index (χ0n) is 6.99. The van der Waals surface area contributed by atoms with E-state index in [1.807, 2.05) is 0 Å². The van der Waals surface area contributed by atoms with Crippen LogP contribution in [0.25, 0.3) is 0 Å². The van der Waals surface area contributed by atoms with Crippen molar-refractivity contribution in [3.8, 4) is 12.3 Å². The van der Waals surface area contributed by atoms with Crippen molar-refractivity contribution < 1.29 is 0 Å². The topological polar surface area (TPSA) is 12.0 Å². The number of hydrogen-bond donors (Lipinski definition) is 1. The van der Waals surface area contributed by atoms with Gasteiger partial charge in [-0.25, -0.2) is 0 Å². The van der Waals surface area contributed by atoms with Gasteiger partial charge >= 0.3 is 0 Å². The van der Waals surface area contributed by atoms with Crippen LogP contribution in [0.3, 0.4) is 0 Å². The Bertz CT molecular complexity index is 164. The monoisotopic (exact) mass is 137 g/mol. The maximum Gasteiger partial charge on any atom is 0.0804 e. The first kappa shape index (κ1) is 7.63. The van der Waals surface area contributed by atoms with E-state index in [9.17, 15) is 0 Å². The second-order valence-electron chi connectivity index (χ2n) is 4.10. The second kappa shape index (κ2) is 2.00. The van der Waals surface area contributed by atoms with E-state index in [0.717, 1.165) is 12.8 Å². The van der Waals surface area contributed by atoms with Gasteiger partial charge in [0.15, 0.2) is 0 Å². The van der Waals surface area contributed by atoms with Gasteiger partial charge in [-0.3, -0.25) is 5.32 Å². The number of rotatable bonds is 1. The Hall–Kier alpha value is -0.480. The van der Waals surface area contributed by atoms with Crippen LogP contribution < -0.4 is 5.32 Å². The van der Waals surface area contributed by atoms with Gasteiger partial charge in [-0.2, -0.15) is 0 Å². The molecule has 0 aromatic rings. The first-order valence-corrected chi connectivity index (χ1v) is 3.75. The summed E-state index contributed by atoms with van der Waals surface area (Å²) in [6.45, 7) is 6.43. The van der Waals surface area contributed by atoms with Crippen LogP contribution in [0, 0.1) is 12.3 Å². The minimum Gasteiger partial charge on any atom is -0.296 e. The van der Waals surface area contributed by atoms with Crippen molar-refractivity contribution in [2.45, 2.75) is 44.7 Å². The summed E-state index contributed by atoms with van der Waals surface area (Å²) in [6, 6.07) is 0. The van der Waals surface area contributed by atoms with Gasteiger partial charge in [0.05, 0.1) is 5.54 Å². The van der Waals surface area contributed by atoms with Crippen LogP contribution in [0.4, 0.5) is 0 Å². The molecule has 1 N–H and O–H groups in total. The molecule has 1 aliphatic rings. The first-order valence-electron chi connectivity index (χ1n) is 3.75. The van der Waals surface area contributed by atoms with E-state index < -0.39 is 0 Å². The quantitative estimate of drug-likeness (QED) is 0.540. The molecule has 0 amide bonds. The molecule has 56 valence electrons. The lowest BCUT2D eigenvalue weighted by Crippen LogP contribution is -2.44. The van der Waals surface area contributed by atoms with Crippen LogP contribution in [0.15, 0.2) is 0 Å². The average molecular weight is 137 g/mol. The molecule has 1 heteroatoms. The maximum atomic E-state index is 5.36. The van der Waals surface area contributed by atoms with Crippen molar-refractivity contribution in [3.63, 3.8) is 0 Å². The summed E-state index contributed by atoms with van der Waals surface area (Å²) in [6.07, 6.45) is 7.64. The molecule has 1 nitrogen and oxygen atoms in total. The summed E-state index contributed by atoms with van der Waals surface area (Å²) in [5, 5.41) is 3.42. The molecule has 0 heterocycles. The fourth-order valence-corrected chi connectivity index (χ4v) is 1.15. The van der Waals surface area contributed by atoms with Crippen molar-refractivity contribution in [2.75, 3.05) is 0 Å². The van der Waals surface area contributed by atoms with E-state index in [-0.39, 0.29) is 11.1 Å². The van der Waals surface area contributed by atoms with Crippen molar-refractivity contribution >= 4 is 0 Å². The molecule has 0 aromatic carbocycles. The normalized spacial score (nSPS) is 21.8. The van der Waals surface area contributed by atoms with Gasteiger partial charge in [0.2, 0.25) is 0 Å². The zero-order valence-corrected chi connectivity index (χ0v) is 6.99. The van der Waals surface area contributed by atoms with Crippen molar-refractivity contribution in [1.82, 2.24) is 5.32 Å². The molecule has 0 radical (unpaired) electrons. The molecular formula is C9H15N. The van der Waals surface area contributed by atoms with Gasteiger partial charge in [-0.15, -0.1) is 6.42 Å². The van der Waals surface area contributed by atoms with E-state index >= 15 is 0 Å². The maximum absolute atomic E-state index is 5.36. The molecule has 0 aliphatic heterocycles. The summed E-state index contributed by atoms with van der Waals surface area (Å²) in [4.78, 5) is 0. The first-order chi connectivity index (χ1) is 4.47. The molecule has 0 bridgehead atoms. The Labute approximate surface area is 63.2 Å². The van der Waals surface area contributed by atoms with Gasteiger partial charge in [0.25, 0.3) is 0 Å². The van der Waals surface area contributed by atoms with Gasteiger partial charge < -0.3 is 0 Å². The van der Waals surface area contributed by atoms with Crippen LogP contribution in [-0.2, 0) is 0 Å². The lowest BCUT2D eigenvalue weighted by Gasteiger charge is -2.24. The third-order valence-corrected chi connectivity index (χ3v) is 1.64. The zero-order chi connectivity index (χ0) is 7.83. The lowest BCUT2D eigenvalue weighted by molar-refractivity contribution is 0.388. The van der Waals surface area contributed by atoms with Crippen LogP contribution in [0.5, 0.6) is 0 Å². The molecule has 0 saturated heterocycles. The second-order valence-corrected chi connectivity index (χ2v) is 4.10. The number of nitrogens with one attached hydrogen (secondary N) is 1. The predicted octanol–water partition coefficient (Wildman–Crippen LogP) is 1.54. The van der Waals surface area contributed by atoms with Gasteiger partial charge in [-0.05, 0) is 33.6 Å². The summed E-state index contributed by atoms with van der Waals surface area (Å²) >= 11 is 0. The Kier molecular flexibility index (Phi) is 1.53. The van der Waals surface area contributed by atoms with Crippen LogP contribution in [-0.4, -0.2) is 11.1 Å². The molecule has 0 unspecified atom stereocenters. The highest BCUT2D eigenvalue weighted by Crippen LogP contribution is 2.36. The van der Waals surface area contributed by atoms with E-state index in [0.29, 0.717) is 0 Å². The van der Waals surface area contributed by atoms with Gasteiger partial charge in [0.1, 0.15) is 0 Å². The van der Waals surface area contributed by atoms with E-state index in [1.54, 1.807) is 0 Å². The fraction of sp³-hybridized carbons (Fsp3) is 0.778. The minimum atomic E-state index is 0.0538. The minimum absolute atomic E-state index is 0.0538. The summed E-state index contributed by atoms with van der Waals surface area (Å²) in [5.74, 6) is 2.80. The summed E-state index contributed by atoms with van der Waals surface area (Å²) < 4.78 is 0. The predicted molar refractivity (Wildman–Crippen MR) is 43.7 cm³/mol. The molecule has 10 heavy (non-hydrogen) atoms. The molecule has 1 fully saturated rings. The number of terminal acetylenes is 1. The molecular weight excluding hydrogens is 122 g/mol. The third-order valence-electron chi connectivity index (χ3n) is 1.64. The molecule has 1 saturated carbocycles. The standard InChI is InChI=1S/C9H15N/c1-5-9(6-7-9)10-8(2,3)4/h1,10H,6-7H2,2-4H3. The summed E-state index contributed by atoms with van der Waals surface area (Å²) in [7, 11) is 0. The largest absolute Gasteiger partial charge is 0.296 e. The Balaban J connectivity index is 2.48. The smallest absolute Gasteiger partial charge is 0.0804 e. The average Bonchev–Trinajstić information content (AvgIpc) is 2.45. The van der Waals surface area contributed by atoms with Crippen molar-refractivity contribution in [1.29, 1.82) is 0 Å². The van der Waals surface area contributed by atoms with Gasteiger partial charge in [0, 0.05) is 5.54 Å². The Morgan fingerprint density at radius 3 is 2.00 bits per heavy atom.